The molecule has 0 spiro atoms. The van der Waals surface area contributed by atoms with Gasteiger partial charge in [-0.2, -0.15) is 0 Å². The second-order valence-corrected chi connectivity index (χ2v) is 5.95. The van der Waals surface area contributed by atoms with E-state index in [2.05, 4.69) is 29.5 Å². The van der Waals surface area contributed by atoms with Crippen LogP contribution < -0.4 is 10.6 Å². The predicted octanol–water partition coefficient (Wildman–Crippen LogP) is 0.105. The Morgan fingerprint density at radius 3 is 3.00 bits per heavy atom. The summed E-state index contributed by atoms with van der Waals surface area (Å²) in [6, 6.07) is 0.382. The van der Waals surface area contributed by atoms with Crippen LogP contribution in [0.2, 0.25) is 0 Å². The number of amides is 1. The molecule has 0 radical (unpaired) electrons. The van der Waals surface area contributed by atoms with Gasteiger partial charge in [0, 0.05) is 24.2 Å². The molecule has 1 amide bonds. The average molecular weight is 243 g/mol. The SMILES string of the molecule is CC1CN(C)CCC1NC(=O)C1CSCN1. The van der Waals surface area contributed by atoms with Gasteiger partial charge in [-0.15, -0.1) is 11.8 Å². The highest BCUT2D eigenvalue weighted by Gasteiger charge is 2.29. The zero-order valence-electron chi connectivity index (χ0n) is 10.0. The predicted molar refractivity (Wildman–Crippen MR) is 67.5 cm³/mol. The van der Waals surface area contributed by atoms with Crippen LogP contribution in [0, 0.1) is 5.92 Å². The monoisotopic (exact) mass is 243 g/mol. The lowest BCUT2D eigenvalue weighted by atomic mass is 9.94. The minimum atomic E-state index is 0.0249. The van der Waals surface area contributed by atoms with E-state index >= 15 is 0 Å². The highest BCUT2D eigenvalue weighted by Crippen LogP contribution is 2.16. The summed E-state index contributed by atoms with van der Waals surface area (Å²) < 4.78 is 0. The Bertz CT molecular complexity index is 256. The van der Waals surface area contributed by atoms with Crippen molar-refractivity contribution in [2.45, 2.75) is 25.4 Å². The maximum Gasteiger partial charge on any atom is 0.238 e. The number of hydrogen-bond acceptors (Lipinski definition) is 4. The van der Waals surface area contributed by atoms with E-state index < -0.39 is 0 Å². The molecule has 2 rings (SSSR count). The van der Waals surface area contributed by atoms with E-state index in [-0.39, 0.29) is 11.9 Å². The van der Waals surface area contributed by atoms with Crippen LogP contribution in [0.15, 0.2) is 0 Å². The third-order valence-corrected chi connectivity index (χ3v) is 4.41. The second kappa shape index (κ2) is 5.38. The molecule has 0 aromatic heterocycles. The topological polar surface area (TPSA) is 44.4 Å². The number of hydrogen-bond donors (Lipinski definition) is 2. The van der Waals surface area contributed by atoms with Gasteiger partial charge in [-0.3, -0.25) is 10.1 Å². The molecule has 0 aromatic carbocycles. The minimum absolute atomic E-state index is 0.0249. The first-order chi connectivity index (χ1) is 7.66. The molecule has 0 saturated carbocycles. The molecular formula is C11H21N3OS. The van der Waals surface area contributed by atoms with E-state index in [4.69, 9.17) is 0 Å². The first kappa shape index (κ1) is 12.2. The van der Waals surface area contributed by atoms with E-state index in [0.29, 0.717) is 12.0 Å². The molecule has 2 heterocycles. The Hall–Kier alpha value is -0.260. The Balaban J connectivity index is 1.82. The summed E-state index contributed by atoms with van der Waals surface area (Å²) in [4.78, 5) is 14.3. The largest absolute Gasteiger partial charge is 0.352 e. The molecule has 3 atom stereocenters. The summed E-state index contributed by atoms with van der Waals surface area (Å²) in [5.41, 5.74) is 0. The van der Waals surface area contributed by atoms with Gasteiger partial charge in [-0.25, -0.2) is 0 Å². The van der Waals surface area contributed by atoms with Gasteiger partial charge >= 0.3 is 0 Å². The molecule has 2 aliphatic heterocycles. The quantitative estimate of drug-likeness (QED) is 0.722. The van der Waals surface area contributed by atoms with Crippen molar-refractivity contribution < 1.29 is 4.79 Å². The summed E-state index contributed by atoms with van der Waals surface area (Å²) in [6.45, 7) is 4.39. The maximum absolute atomic E-state index is 11.9. The zero-order valence-corrected chi connectivity index (χ0v) is 10.8. The van der Waals surface area contributed by atoms with Crippen molar-refractivity contribution in [2.75, 3.05) is 31.8 Å². The number of nitrogens with zero attached hydrogens (tertiary/aromatic N) is 1. The van der Waals surface area contributed by atoms with Crippen molar-refractivity contribution in [3.8, 4) is 0 Å². The van der Waals surface area contributed by atoms with Crippen molar-refractivity contribution in [2.24, 2.45) is 5.92 Å². The van der Waals surface area contributed by atoms with Crippen molar-refractivity contribution in [3.63, 3.8) is 0 Å². The fourth-order valence-electron chi connectivity index (χ4n) is 2.42. The number of carbonyl (C=O) groups is 1. The Morgan fingerprint density at radius 2 is 2.38 bits per heavy atom. The van der Waals surface area contributed by atoms with E-state index in [0.717, 1.165) is 31.1 Å². The molecule has 0 bridgehead atoms. The fraction of sp³-hybridized carbons (Fsp3) is 0.909. The van der Waals surface area contributed by atoms with Crippen LogP contribution in [-0.4, -0.2) is 54.7 Å². The summed E-state index contributed by atoms with van der Waals surface area (Å²) in [6.07, 6.45) is 1.07. The lowest BCUT2D eigenvalue weighted by Gasteiger charge is -2.35. The van der Waals surface area contributed by atoms with Crippen molar-refractivity contribution in [1.29, 1.82) is 0 Å². The molecule has 16 heavy (non-hydrogen) atoms. The summed E-state index contributed by atoms with van der Waals surface area (Å²) in [5.74, 6) is 2.55. The van der Waals surface area contributed by atoms with E-state index in [9.17, 15) is 4.79 Å². The fourth-order valence-corrected chi connectivity index (χ4v) is 3.36. The van der Waals surface area contributed by atoms with Crippen LogP contribution >= 0.6 is 11.8 Å². The minimum Gasteiger partial charge on any atom is -0.352 e. The molecule has 2 aliphatic rings. The van der Waals surface area contributed by atoms with Gasteiger partial charge in [-0.1, -0.05) is 6.92 Å². The number of rotatable bonds is 2. The van der Waals surface area contributed by atoms with Gasteiger partial charge in [0.15, 0.2) is 0 Å². The van der Waals surface area contributed by atoms with Gasteiger partial charge in [0.1, 0.15) is 0 Å². The number of thioether (sulfide) groups is 1. The lowest BCUT2D eigenvalue weighted by Crippen LogP contribution is -2.53. The third-order valence-electron chi connectivity index (χ3n) is 3.47. The number of carbonyl (C=O) groups excluding carboxylic acids is 1. The summed E-state index contributed by atoms with van der Waals surface area (Å²) >= 11 is 1.79. The van der Waals surface area contributed by atoms with Crippen molar-refractivity contribution in [3.05, 3.63) is 0 Å². The number of piperidine rings is 1. The Labute approximate surface area is 102 Å². The van der Waals surface area contributed by atoms with Gasteiger partial charge in [0.2, 0.25) is 5.91 Å². The Morgan fingerprint density at radius 1 is 1.56 bits per heavy atom. The third kappa shape index (κ3) is 2.90. The molecule has 2 fully saturated rings. The summed E-state index contributed by atoms with van der Waals surface area (Å²) in [7, 11) is 2.14. The molecule has 3 unspecified atom stereocenters. The van der Waals surface area contributed by atoms with E-state index in [1.54, 1.807) is 11.8 Å². The molecular weight excluding hydrogens is 222 g/mol. The van der Waals surface area contributed by atoms with Gasteiger partial charge in [0.05, 0.1) is 6.04 Å². The Kier molecular flexibility index (Phi) is 4.10. The smallest absolute Gasteiger partial charge is 0.238 e. The standard InChI is InChI=1S/C11H21N3OS/c1-8-5-14(2)4-3-9(8)13-11(15)10-6-16-7-12-10/h8-10,12H,3-7H2,1-2H3,(H,13,15). The molecule has 0 aliphatic carbocycles. The first-order valence-corrected chi connectivity index (χ1v) is 7.12. The molecule has 92 valence electrons. The molecule has 4 nitrogen and oxygen atoms in total. The van der Waals surface area contributed by atoms with E-state index in [1.165, 1.54) is 0 Å². The lowest BCUT2D eigenvalue weighted by molar-refractivity contribution is -0.123. The van der Waals surface area contributed by atoms with E-state index in [1.807, 2.05) is 0 Å². The van der Waals surface area contributed by atoms with Crippen LogP contribution in [0.25, 0.3) is 0 Å². The zero-order chi connectivity index (χ0) is 11.5. The molecule has 5 heteroatoms. The average Bonchev–Trinajstić information content (AvgIpc) is 2.75. The van der Waals surface area contributed by atoms with Crippen molar-refractivity contribution in [1.82, 2.24) is 15.5 Å². The number of likely N-dealkylation sites (tertiary alicyclic amines) is 1. The van der Waals surface area contributed by atoms with Gasteiger partial charge in [0.25, 0.3) is 0 Å². The number of nitrogens with one attached hydrogen (secondary N) is 2. The van der Waals surface area contributed by atoms with Crippen LogP contribution in [-0.2, 0) is 4.79 Å². The van der Waals surface area contributed by atoms with Gasteiger partial charge < -0.3 is 10.2 Å². The summed E-state index contributed by atoms with van der Waals surface area (Å²) in [5, 5.41) is 6.40. The molecule has 0 aromatic rings. The highest BCUT2D eigenvalue weighted by molar-refractivity contribution is 7.99. The van der Waals surface area contributed by atoms with Crippen LogP contribution in [0.1, 0.15) is 13.3 Å². The van der Waals surface area contributed by atoms with Gasteiger partial charge in [-0.05, 0) is 25.9 Å². The van der Waals surface area contributed by atoms with Crippen LogP contribution in [0.5, 0.6) is 0 Å². The molecule has 2 N–H and O–H groups in total. The normalized spacial score (nSPS) is 36.2. The van der Waals surface area contributed by atoms with Crippen LogP contribution in [0.4, 0.5) is 0 Å². The highest BCUT2D eigenvalue weighted by atomic mass is 32.2. The first-order valence-electron chi connectivity index (χ1n) is 5.97. The molecule has 2 saturated heterocycles. The second-order valence-electron chi connectivity index (χ2n) is 4.92. The van der Waals surface area contributed by atoms with Crippen molar-refractivity contribution >= 4 is 17.7 Å². The van der Waals surface area contributed by atoms with Crippen LogP contribution in [0.3, 0.4) is 0 Å². The maximum atomic E-state index is 11.9.